The molecule has 24 bridgehead atoms. The van der Waals surface area contributed by atoms with Crippen molar-refractivity contribution in [3.05, 3.63) is 0 Å². The van der Waals surface area contributed by atoms with Gasteiger partial charge in [0.05, 0.1) is 52.3 Å². The first-order valence-electron chi connectivity index (χ1n) is 48.3. The minimum absolute atomic E-state index is 0.0683. The van der Waals surface area contributed by atoms with Crippen molar-refractivity contribution in [1.82, 2.24) is 0 Å². The van der Waals surface area contributed by atoms with E-state index in [1.165, 1.54) is 48.5 Å². The maximum absolute atomic E-state index is 12.5. The molecule has 0 aromatic carbocycles. The lowest BCUT2D eigenvalue weighted by Gasteiger charge is -2.47. The van der Waals surface area contributed by atoms with Crippen LogP contribution in [0.3, 0.4) is 0 Å². The van der Waals surface area contributed by atoms with Crippen molar-refractivity contribution >= 4 is 89.5 Å². The van der Waals surface area contributed by atoms with Crippen LogP contribution in [-0.4, -0.2) is 265 Å². The number of fused-ring (bicyclic) bond motifs is 6. The Morgan fingerprint density at radius 1 is 0.291 bits per heavy atom. The summed E-state index contributed by atoms with van der Waals surface area (Å²) in [6, 6.07) is 0. The van der Waals surface area contributed by atoms with Gasteiger partial charge in [-0.3, -0.25) is 28.8 Å². The Balaban J connectivity index is 0.000000136. The largest absolute Gasteiger partial charge is 0.462 e. The molecule has 12 saturated carbocycles. The molecule has 12 aliphatic heterocycles. The molecule has 39 heteroatoms. The Hall–Kier alpha value is -8.31. The van der Waals surface area contributed by atoms with E-state index >= 15 is 0 Å². The molecule has 24 rings (SSSR count). The third kappa shape index (κ3) is 25.2. The van der Waals surface area contributed by atoms with Crippen molar-refractivity contribution in [1.29, 1.82) is 0 Å². The van der Waals surface area contributed by atoms with Gasteiger partial charge in [-0.05, 0) is 239 Å². The van der Waals surface area contributed by atoms with Crippen LogP contribution in [0.2, 0.25) is 0 Å². The molecule has 12 heterocycles. The van der Waals surface area contributed by atoms with Crippen LogP contribution in [0.25, 0.3) is 0 Å². The summed E-state index contributed by atoms with van der Waals surface area (Å²) in [6.45, 7) is 16.2. The van der Waals surface area contributed by atoms with Gasteiger partial charge in [0.2, 0.25) is 12.6 Å². The molecule has 0 aromatic heterocycles. The van der Waals surface area contributed by atoms with E-state index in [1.54, 1.807) is 20.8 Å². The van der Waals surface area contributed by atoms with Gasteiger partial charge in [0.15, 0.2) is 31.2 Å². The molecule has 134 heavy (non-hydrogen) atoms. The highest BCUT2D eigenvalue weighted by molar-refractivity contribution is 5.84. The van der Waals surface area contributed by atoms with E-state index in [0.29, 0.717) is 119 Å². The minimum Gasteiger partial charge on any atom is -0.462 e. The third-order valence-electron chi connectivity index (χ3n) is 29.9. The van der Waals surface area contributed by atoms with Gasteiger partial charge in [-0.2, -0.15) is 0 Å². The van der Waals surface area contributed by atoms with Crippen molar-refractivity contribution in [2.45, 2.75) is 426 Å². The highest BCUT2D eigenvalue weighted by atomic mass is 16.7. The second-order valence-electron chi connectivity index (χ2n) is 41.6. The van der Waals surface area contributed by atoms with Crippen LogP contribution in [0.5, 0.6) is 0 Å². The van der Waals surface area contributed by atoms with Gasteiger partial charge in [-0.1, -0.05) is 20.8 Å². The average Bonchev–Trinajstić information content (AvgIpc) is 1.61. The zero-order valence-corrected chi connectivity index (χ0v) is 78.4. The zero-order chi connectivity index (χ0) is 97.2. The van der Waals surface area contributed by atoms with Gasteiger partial charge >= 0.3 is 89.5 Å². The monoisotopic (exact) mass is 1900 g/mol. The van der Waals surface area contributed by atoms with Crippen LogP contribution >= 0.6 is 0 Å². The molecular weight excluding hydrogens is 1770 g/mol. The lowest BCUT2D eigenvalue weighted by molar-refractivity contribution is -0.240. The molecule has 0 amide bonds. The van der Waals surface area contributed by atoms with Gasteiger partial charge in [-0.15, -0.1) is 0 Å². The third-order valence-corrected chi connectivity index (χ3v) is 29.9. The predicted octanol–water partition coefficient (Wildman–Crippen LogP) is 6.37. The molecule has 24 fully saturated rings. The molecule has 6 N–H and O–H groups in total. The quantitative estimate of drug-likeness (QED) is 0.0295. The molecule has 0 spiro atoms. The van der Waals surface area contributed by atoms with Crippen LogP contribution in [0, 0.1) is 71.0 Å². The Bertz CT molecular complexity index is 4310. The zero-order valence-electron chi connectivity index (χ0n) is 78.4. The van der Waals surface area contributed by atoms with Gasteiger partial charge < -0.3 is 116 Å². The molecule has 35 atom stereocenters. The van der Waals surface area contributed by atoms with E-state index < -0.39 is 155 Å². The van der Waals surface area contributed by atoms with E-state index in [0.717, 1.165) is 116 Å². The standard InChI is InChI=1S/2C17H24O7.C16H22O7.C16H24O6.C15H22O6.C14H20O6/c1-3-13(18)16(21)22-9(2)14(19)24-17-6-10-4-11(7-17)15(20)23-12(5-10)8-17;1-3-13(23-14(19)9(2)18)16(21)24-17-6-10-4-11(7-17)15(20)22-12(5-10)8-17;1-8(17)13(18)21-9(2)14(19)23-16-5-10-3-11(6-16)15(20)22-12(4-10)7-16;1-3-13(21-14(18)9(2)17)22-16-6-10-4-11(7-16)15(19)20-12(5-10)8-16;1-8(16)13(17)19-9(2)21-15-5-10-3-11(6-15)14(18)20-12(4-10)7-15;1-8(15)12(16)18-7-19-14-4-9-2-10(5-14)13(17)20-11(3-9)6-14/h2*9-13,18H,3-8H2,1-2H3;8-12,17H,3-7H2,1-2H3;9-13,17H,3-8H2,1-2H3;8-12,16H,3-7H2,1-2H3;8-11,15H,2-7H2,1H3. The summed E-state index contributed by atoms with van der Waals surface area (Å²) in [4.78, 5) is 178. The first-order chi connectivity index (χ1) is 63.2. The Morgan fingerprint density at radius 3 is 0.903 bits per heavy atom. The Morgan fingerprint density at radius 2 is 0.567 bits per heavy atom. The number of rotatable bonds is 27. The molecule has 39 nitrogen and oxygen atoms in total. The predicted molar refractivity (Wildman–Crippen MR) is 450 cm³/mol. The van der Waals surface area contributed by atoms with Gasteiger partial charge in [0.1, 0.15) is 83.9 Å². The fraction of sp³-hybridized carbons (Fsp3) is 0.842. The maximum atomic E-state index is 12.5. The van der Waals surface area contributed by atoms with Gasteiger partial charge in [0, 0.05) is 64.2 Å². The smallest absolute Gasteiger partial charge is 0.347 e. The average molecular weight is 1900 g/mol. The van der Waals surface area contributed by atoms with Crippen LogP contribution in [0.1, 0.15) is 288 Å². The number of aliphatic hydroxyl groups excluding tert-OH is 6. The Kier molecular flexibility index (Phi) is 32.7. The number of carbonyl (C=O) groups excluding carboxylic acids is 15. The van der Waals surface area contributed by atoms with Crippen molar-refractivity contribution in [3.8, 4) is 0 Å². The van der Waals surface area contributed by atoms with Gasteiger partial charge in [0.25, 0.3) is 0 Å². The highest BCUT2D eigenvalue weighted by Crippen LogP contribution is 2.58. The van der Waals surface area contributed by atoms with Crippen molar-refractivity contribution in [3.63, 3.8) is 0 Å². The van der Waals surface area contributed by atoms with E-state index in [-0.39, 0.29) is 128 Å². The molecule has 12 saturated heterocycles. The number of ether oxygens (including phenoxy) is 18. The normalized spacial score (nSPS) is 38.2. The molecule has 750 valence electrons. The first kappa shape index (κ1) is 103. The van der Waals surface area contributed by atoms with Crippen LogP contribution in [0.4, 0.5) is 0 Å². The molecule has 35 unspecified atom stereocenters. The van der Waals surface area contributed by atoms with E-state index in [1.807, 2.05) is 6.92 Å². The maximum Gasteiger partial charge on any atom is 0.347 e. The van der Waals surface area contributed by atoms with Crippen molar-refractivity contribution in [2.24, 2.45) is 71.0 Å². The summed E-state index contributed by atoms with van der Waals surface area (Å²) in [7, 11) is 0. The SMILES string of the molecule is CC(O)C(=O)OC(C)C(=O)OC12CC3CC(C1)OC(=O)C(C3)C2.CC(O)C(=O)OCOC12CC3CC(C1)OC(=O)C(C3)C2.CC(OC(=O)C(C)O)OC12CC3CC(C1)OC(=O)C(C3)C2.CCC(O)C(=O)OC(C)C(=O)OC12CC3CC(C1)OC(=O)C(C3)C2.CCC(OC(=O)C(C)O)C(=O)OC12CC3CC(C1)OC(=O)C(C3)C2.CCC(OC(=O)C(C)O)OC12CC3CC(C1)OC(=O)C(C3)C2. The molecule has 0 radical (unpaired) electrons. The van der Waals surface area contributed by atoms with Gasteiger partial charge in [-0.25, -0.2) is 43.2 Å². The lowest BCUT2D eigenvalue weighted by Crippen LogP contribution is -2.49. The topological polar surface area (TPSA) is 544 Å². The Labute approximate surface area is 777 Å². The van der Waals surface area contributed by atoms with Crippen LogP contribution in [-0.2, 0) is 157 Å². The summed E-state index contributed by atoms with van der Waals surface area (Å²) in [5.41, 5.74) is -3.41. The number of aliphatic hydroxyl groups is 6. The summed E-state index contributed by atoms with van der Waals surface area (Å²) in [5, 5.41) is 55.4. The van der Waals surface area contributed by atoms with Crippen LogP contribution < -0.4 is 0 Å². The van der Waals surface area contributed by atoms with Crippen LogP contribution in [0.15, 0.2) is 0 Å². The van der Waals surface area contributed by atoms with E-state index in [4.69, 9.17) is 95.5 Å². The summed E-state index contributed by atoms with van der Waals surface area (Å²) in [5.74, 6) is -6.05. The number of esters is 15. The molecule has 24 aliphatic rings. The minimum atomic E-state index is -1.29. The highest BCUT2D eigenvalue weighted by Gasteiger charge is 2.62. The number of hydrogen-bond donors (Lipinski definition) is 6. The van der Waals surface area contributed by atoms with Crippen molar-refractivity contribution < 1.29 is 188 Å². The second-order valence-corrected chi connectivity index (χ2v) is 41.6. The fourth-order valence-electron chi connectivity index (χ4n) is 24.9. The lowest BCUT2D eigenvalue weighted by atomic mass is 9.65. The van der Waals surface area contributed by atoms with E-state index in [2.05, 4.69) is 0 Å². The second kappa shape index (κ2) is 42.6. The summed E-state index contributed by atoms with van der Waals surface area (Å²) < 4.78 is 98.1. The van der Waals surface area contributed by atoms with E-state index in [9.17, 15) is 92.3 Å². The molecule has 12 aliphatic carbocycles. The summed E-state index contributed by atoms with van der Waals surface area (Å²) >= 11 is 0. The molecular formula is C95H136O39. The number of carbonyl (C=O) groups is 15. The number of hydrogen-bond acceptors (Lipinski definition) is 39. The fourth-order valence-corrected chi connectivity index (χ4v) is 24.9. The molecule has 0 aromatic rings. The summed E-state index contributed by atoms with van der Waals surface area (Å²) in [6.07, 6.45) is 10.2. The first-order valence-corrected chi connectivity index (χ1v) is 48.3. The van der Waals surface area contributed by atoms with Crippen molar-refractivity contribution in [2.75, 3.05) is 6.79 Å².